The fourth-order valence-electron chi connectivity index (χ4n) is 2.66. The molecule has 0 spiro atoms. The van der Waals surface area contributed by atoms with Crippen LogP contribution in [0, 0.1) is 5.92 Å². The Morgan fingerprint density at radius 1 is 1.27 bits per heavy atom. The monoisotopic (exact) mass is 210 g/mol. The van der Waals surface area contributed by atoms with E-state index in [0.29, 0.717) is 24.3 Å². The van der Waals surface area contributed by atoms with E-state index in [1.54, 1.807) is 0 Å². The van der Waals surface area contributed by atoms with Gasteiger partial charge in [-0.2, -0.15) is 0 Å². The standard InChI is InChI=1S/C12H22N2O/c1-14(10-5-3-6-10)12(15)8-9-4-2-7-11(9)13/h9-11H,2-8,13H2,1H3/t9-,11+/m0/s1. The Balaban J connectivity index is 1.80. The van der Waals surface area contributed by atoms with E-state index >= 15 is 0 Å². The van der Waals surface area contributed by atoms with Crippen molar-refractivity contribution in [2.75, 3.05) is 7.05 Å². The highest BCUT2D eigenvalue weighted by molar-refractivity contribution is 5.76. The molecule has 0 heterocycles. The van der Waals surface area contributed by atoms with E-state index in [4.69, 9.17) is 5.73 Å². The van der Waals surface area contributed by atoms with Crippen molar-refractivity contribution in [3.63, 3.8) is 0 Å². The number of amides is 1. The Hall–Kier alpha value is -0.570. The molecule has 0 aromatic carbocycles. The lowest BCUT2D eigenvalue weighted by Gasteiger charge is -2.35. The second-order valence-corrected chi connectivity index (χ2v) is 5.15. The molecule has 0 aliphatic heterocycles. The summed E-state index contributed by atoms with van der Waals surface area (Å²) in [6, 6.07) is 0.791. The minimum Gasteiger partial charge on any atom is -0.343 e. The van der Waals surface area contributed by atoms with E-state index < -0.39 is 0 Å². The first-order chi connectivity index (χ1) is 7.18. The first kappa shape index (κ1) is 10.9. The molecule has 2 aliphatic rings. The second kappa shape index (κ2) is 4.52. The molecule has 86 valence electrons. The number of nitrogens with zero attached hydrogens (tertiary/aromatic N) is 1. The normalized spacial score (nSPS) is 31.3. The van der Waals surface area contributed by atoms with Crippen LogP contribution < -0.4 is 5.73 Å². The number of rotatable bonds is 3. The van der Waals surface area contributed by atoms with Crippen LogP contribution in [0.15, 0.2) is 0 Å². The topological polar surface area (TPSA) is 46.3 Å². The molecule has 0 aromatic rings. The highest BCUT2D eigenvalue weighted by Gasteiger charge is 2.30. The Morgan fingerprint density at radius 3 is 2.40 bits per heavy atom. The third-order valence-electron chi connectivity index (χ3n) is 4.17. The molecule has 2 N–H and O–H groups in total. The summed E-state index contributed by atoms with van der Waals surface area (Å²) < 4.78 is 0. The van der Waals surface area contributed by atoms with E-state index in [9.17, 15) is 4.79 Å². The number of nitrogens with two attached hydrogens (primary N) is 1. The maximum absolute atomic E-state index is 11.9. The molecule has 15 heavy (non-hydrogen) atoms. The van der Waals surface area contributed by atoms with E-state index in [0.717, 1.165) is 12.8 Å². The Morgan fingerprint density at radius 2 is 1.93 bits per heavy atom. The Bertz CT molecular complexity index is 238. The van der Waals surface area contributed by atoms with Gasteiger partial charge >= 0.3 is 0 Å². The number of hydrogen-bond donors (Lipinski definition) is 1. The summed E-state index contributed by atoms with van der Waals surface area (Å²) >= 11 is 0. The first-order valence-electron chi connectivity index (χ1n) is 6.19. The summed E-state index contributed by atoms with van der Waals surface area (Å²) in [5.41, 5.74) is 5.98. The average Bonchev–Trinajstić information content (AvgIpc) is 2.49. The summed E-state index contributed by atoms with van der Waals surface area (Å²) in [4.78, 5) is 13.9. The largest absolute Gasteiger partial charge is 0.343 e. The zero-order chi connectivity index (χ0) is 10.8. The highest BCUT2D eigenvalue weighted by Crippen LogP contribution is 2.29. The van der Waals surface area contributed by atoms with Crippen molar-refractivity contribution < 1.29 is 4.79 Å². The lowest BCUT2D eigenvalue weighted by Crippen LogP contribution is -2.42. The van der Waals surface area contributed by atoms with E-state index in [1.165, 1.54) is 25.7 Å². The van der Waals surface area contributed by atoms with Gasteiger partial charge in [0.2, 0.25) is 5.91 Å². The van der Waals surface area contributed by atoms with Crippen molar-refractivity contribution in [1.82, 2.24) is 4.90 Å². The number of carbonyl (C=O) groups excluding carboxylic acids is 1. The van der Waals surface area contributed by atoms with Crippen LogP contribution in [0.3, 0.4) is 0 Å². The van der Waals surface area contributed by atoms with E-state index in [2.05, 4.69) is 0 Å². The van der Waals surface area contributed by atoms with Gasteiger partial charge in [0.1, 0.15) is 0 Å². The maximum atomic E-state index is 11.9. The van der Waals surface area contributed by atoms with Gasteiger partial charge < -0.3 is 10.6 Å². The van der Waals surface area contributed by atoms with Crippen LogP contribution in [0.25, 0.3) is 0 Å². The van der Waals surface area contributed by atoms with Crippen molar-refractivity contribution in [3.05, 3.63) is 0 Å². The van der Waals surface area contributed by atoms with Gasteiger partial charge in [-0.25, -0.2) is 0 Å². The lowest BCUT2D eigenvalue weighted by molar-refractivity contribution is -0.134. The SMILES string of the molecule is CN(C(=O)C[C@@H]1CCC[C@H]1N)C1CCC1. The lowest BCUT2D eigenvalue weighted by atomic mass is 9.91. The van der Waals surface area contributed by atoms with Gasteiger partial charge in [0.15, 0.2) is 0 Å². The Labute approximate surface area is 92.0 Å². The van der Waals surface area contributed by atoms with E-state index in [1.807, 2.05) is 11.9 Å². The molecular weight excluding hydrogens is 188 g/mol. The fraction of sp³-hybridized carbons (Fsp3) is 0.917. The number of hydrogen-bond acceptors (Lipinski definition) is 2. The van der Waals surface area contributed by atoms with Crippen LogP contribution in [-0.4, -0.2) is 29.9 Å². The Kier molecular flexibility index (Phi) is 3.29. The van der Waals surface area contributed by atoms with Gasteiger partial charge in [0, 0.05) is 25.6 Å². The maximum Gasteiger partial charge on any atom is 0.222 e. The van der Waals surface area contributed by atoms with Crippen molar-refractivity contribution in [2.45, 2.75) is 57.0 Å². The predicted molar refractivity (Wildman–Crippen MR) is 60.3 cm³/mol. The predicted octanol–water partition coefficient (Wildman–Crippen LogP) is 1.51. The molecule has 2 aliphatic carbocycles. The first-order valence-corrected chi connectivity index (χ1v) is 6.19. The molecule has 2 fully saturated rings. The molecule has 2 rings (SSSR count). The van der Waals surface area contributed by atoms with Gasteiger partial charge in [0.25, 0.3) is 0 Å². The quantitative estimate of drug-likeness (QED) is 0.767. The van der Waals surface area contributed by atoms with Crippen LogP contribution in [-0.2, 0) is 4.79 Å². The highest BCUT2D eigenvalue weighted by atomic mass is 16.2. The van der Waals surface area contributed by atoms with Gasteiger partial charge in [-0.05, 0) is 38.0 Å². The summed E-state index contributed by atoms with van der Waals surface area (Å²) in [6.45, 7) is 0. The molecule has 2 atom stereocenters. The van der Waals surface area contributed by atoms with Gasteiger partial charge in [-0.1, -0.05) is 6.42 Å². The molecule has 0 radical (unpaired) electrons. The third kappa shape index (κ3) is 2.33. The summed E-state index contributed by atoms with van der Waals surface area (Å²) in [5.74, 6) is 0.752. The summed E-state index contributed by atoms with van der Waals surface area (Å²) in [6.07, 6.45) is 7.79. The van der Waals surface area contributed by atoms with E-state index in [-0.39, 0.29) is 6.04 Å². The molecule has 0 aromatic heterocycles. The average molecular weight is 210 g/mol. The molecule has 0 bridgehead atoms. The third-order valence-corrected chi connectivity index (χ3v) is 4.17. The van der Waals surface area contributed by atoms with Gasteiger partial charge in [0.05, 0.1) is 0 Å². The fourth-order valence-corrected chi connectivity index (χ4v) is 2.66. The smallest absolute Gasteiger partial charge is 0.222 e. The second-order valence-electron chi connectivity index (χ2n) is 5.15. The van der Waals surface area contributed by atoms with Gasteiger partial charge in [-0.3, -0.25) is 4.79 Å². The molecule has 3 heteroatoms. The van der Waals surface area contributed by atoms with Crippen molar-refractivity contribution >= 4 is 5.91 Å². The van der Waals surface area contributed by atoms with Crippen molar-refractivity contribution in [3.8, 4) is 0 Å². The van der Waals surface area contributed by atoms with Crippen LogP contribution >= 0.6 is 0 Å². The molecule has 0 unspecified atom stereocenters. The minimum atomic E-state index is 0.267. The van der Waals surface area contributed by atoms with Crippen LogP contribution in [0.2, 0.25) is 0 Å². The molecule has 2 saturated carbocycles. The summed E-state index contributed by atoms with van der Waals surface area (Å²) in [7, 11) is 1.95. The van der Waals surface area contributed by atoms with Crippen molar-refractivity contribution in [1.29, 1.82) is 0 Å². The number of carbonyl (C=O) groups is 1. The minimum absolute atomic E-state index is 0.267. The summed E-state index contributed by atoms with van der Waals surface area (Å²) in [5, 5.41) is 0. The van der Waals surface area contributed by atoms with Gasteiger partial charge in [-0.15, -0.1) is 0 Å². The van der Waals surface area contributed by atoms with Crippen molar-refractivity contribution in [2.24, 2.45) is 11.7 Å². The van der Waals surface area contributed by atoms with Crippen LogP contribution in [0.4, 0.5) is 0 Å². The molecule has 3 nitrogen and oxygen atoms in total. The molecule has 0 saturated heterocycles. The molecule has 1 amide bonds. The zero-order valence-corrected chi connectivity index (χ0v) is 9.61. The van der Waals surface area contributed by atoms with Crippen LogP contribution in [0.5, 0.6) is 0 Å². The zero-order valence-electron chi connectivity index (χ0n) is 9.61. The van der Waals surface area contributed by atoms with Crippen LogP contribution in [0.1, 0.15) is 44.9 Å². The molecular formula is C12H22N2O.